The molecule has 0 N–H and O–H groups in total. The fourth-order valence-electron chi connectivity index (χ4n) is 1.80. The largest absolute Gasteiger partial charge is 0.549 e. The van der Waals surface area contributed by atoms with E-state index in [9.17, 15) is 9.90 Å². The number of fused-ring (bicyclic) bond motifs is 1. The van der Waals surface area contributed by atoms with Crippen molar-refractivity contribution in [3.8, 4) is 0 Å². The maximum Gasteiger partial charge on any atom is 0.0489 e. The molecular weight excluding hydrogens is 152 g/mol. The summed E-state index contributed by atoms with van der Waals surface area (Å²) in [5.41, 5.74) is 2.10. The second kappa shape index (κ2) is 2.63. The molecule has 0 aliphatic heterocycles. The van der Waals surface area contributed by atoms with E-state index in [1.807, 2.05) is 24.3 Å². The summed E-state index contributed by atoms with van der Waals surface area (Å²) in [6.07, 6.45) is 1.57. The molecule has 0 amide bonds. The zero-order chi connectivity index (χ0) is 8.55. The van der Waals surface area contributed by atoms with Gasteiger partial charge in [0.1, 0.15) is 0 Å². The SMILES string of the molecule is O=C([O-])C1CCc2ccccc21. The molecule has 0 heterocycles. The van der Waals surface area contributed by atoms with Crippen LogP contribution in [0, 0.1) is 0 Å². The van der Waals surface area contributed by atoms with E-state index in [-0.39, 0.29) is 5.92 Å². The van der Waals surface area contributed by atoms with Gasteiger partial charge in [-0.1, -0.05) is 24.3 Å². The highest BCUT2D eigenvalue weighted by molar-refractivity contribution is 5.75. The first-order valence-electron chi connectivity index (χ1n) is 4.07. The van der Waals surface area contributed by atoms with Crippen LogP contribution in [0.15, 0.2) is 24.3 Å². The fourth-order valence-corrected chi connectivity index (χ4v) is 1.80. The summed E-state index contributed by atoms with van der Waals surface area (Å²) in [4.78, 5) is 10.7. The average molecular weight is 161 g/mol. The number of aliphatic carboxylic acids is 1. The van der Waals surface area contributed by atoms with Gasteiger partial charge in [-0.05, 0) is 24.0 Å². The van der Waals surface area contributed by atoms with Crippen LogP contribution in [0.2, 0.25) is 0 Å². The molecule has 0 fully saturated rings. The minimum atomic E-state index is -0.944. The number of rotatable bonds is 1. The summed E-state index contributed by atoms with van der Waals surface area (Å²) in [6.45, 7) is 0. The van der Waals surface area contributed by atoms with Crippen molar-refractivity contribution < 1.29 is 9.90 Å². The fraction of sp³-hybridized carbons (Fsp3) is 0.300. The normalized spacial score (nSPS) is 20.5. The molecular formula is C10H9O2-. The van der Waals surface area contributed by atoms with E-state index in [0.29, 0.717) is 6.42 Å². The summed E-state index contributed by atoms with van der Waals surface area (Å²) < 4.78 is 0. The summed E-state index contributed by atoms with van der Waals surface area (Å²) in [5, 5.41) is 10.7. The van der Waals surface area contributed by atoms with Crippen LogP contribution in [0.3, 0.4) is 0 Å². The van der Waals surface area contributed by atoms with Gasteiger partial charge in [-0.25, -0.2) is 0 Å². The predicted octanol–water partition coefficient (Wildman–Crippen LogP) is 0.466. The van der Waals surface area contributed by atoms with Gasteiger partial charge in [0, 0.05) is 11.9 Å². The molecule has 12 heavy (non-hydrogen) atoms. The van der Waals surface area contributed by atoms with E-state index in [1.165, 1.54) is 0 Å². The van der Waals surface area contributed by atoms with Crippen LogP contribution >= 0.6 is 0 Å². The standard InChI is InChI=1S/C10H10O2/c11-10(12)9-6-5-7-3-1-2-4-8(7)9/h1-4,9H,5-6H2,(H,11,12)/p-1. The van der Waals surface area contributed by atoms with E-state index < -0.39 is 5.97 Å². The molecule has 1 unspecified atom stereocenters. The zero-order valence-electron chi connectivity index (χ0n) is 6.62. The molecule has 0 spiro atoms. The number of carbonyl (C=O) groups excluding carboxylic acids is 1. The molecule has 62 valence electrons. The van der Waals surface area contributed by atoms with Crippen molar-refractivity contribution in [2.75, 3.05) is 0 Å². The van der Waals surface area contributed by atoms with E-state index in [4.69, 9.17) is 0 Å². The Kier molecular flexibility index (Phi) is 1.61. The molecule has 1 aromatic carbocycles. The van der Waals surface area contributed by atoms with Crippen LogP contribution in [-0.4, -0.2) is 5.97 Å². The first kappa shape index (κ1) is 7.35. The summed E-state index contributed by atoms with van der Waals surface area (Å²) in [7, 11) is 0. The van der Waals surface area contributed by atoms with Crippen molar-refractivity contribution in [1.29, 1.82) is 0 Å². The van der Waals surface area contributed by atoms with Gasteiger partial charge in [-0.15, -0.1) is 0 Å². The van der Waals surface area contributed by atoms with Gasteiger partial charge in [0.15, 0.2) is 0 Å². The van der Waals surface area contributed by atoms with Crippen LogP contribution in [0.1, 0.15) is 23.5 Å². The second-order valence-corrected chi connectivity index (χ2v) is 3.11. The third-order valence-electron chi connectivity index (χ3n) is 2.42. The molecule has 1 aromatic rings. The number of benzene rings is 1. The minimum Gasteiger partial charge on any atom is -0.549 e. The van der Waals surface area contributed by atoms with Gasteiger partial charge in [-0.2, -0.15) is 0 Å². The lowest BCUT2D eigenvalue weighted by molar-refractivity contribution is -0.307. The number of carboxylic acid groups (broad SMARTS) is 1. The van der Waals surface area contributed by atoms with Gasteiger partial charge in [0.05, 0.1) is 0 Å². The van der Waals surface area contributed by atoms with Crippen molar-refractivity contribution >= 4 is 5.97 Å². The lowest BCUT2D eigenvalue weighted by atomic mass is 10.0. The highest BCUT2D eigenvalue weighted by Crippen LogP contribution is 2.31. The van der Waals surface area contributed by atoms with Crippen molar-refractivity contribution in [1.82, 2.24) is 0 Å². The Morgan fingerprint density at radius 2 is 2.17 bits per heavy atom. The molecule has 0 saturated carbocycles. The Morgan fingerprint density at radius 1 is 1.42 bits per heavy atom. The molecule has 1 aliphatic carbocycles. The summed E-state index contributed by atoms with van der Waals surface area (Å²) in [5.74, 6) is -1.32. The lowest BCUT2D eigenvalue weighted by Gasteiger charge is -2.11. The molecule has 0 radical (unpaired) electrons. The number of aryl methyl sites for hydroxylation is 1. The molecule has 2 heteroatoms. The Labute approximate surface area is 70.8 Å². The molecule has 1 aliphatic rings. The number of carboxylic acids is 1. The average Bonchev–Trinajstić information content (AvgIpc) is 2.47. The molecule has 0 bridgehead atoms. The second-order valence-electron chi connectivity index (χ2n) is 3.11. The van der Waals surface area contributed by atoms with Gasteiger partial charge in [0.25, 0.3) is 0 Å². The van der Waals surface area contributed by atoms with Crippen molar-refractivity contribution in [2.24, 2.45) is 0 Å². The monoisotopic (exact) mass is 161 g/mol. The Hall–Kier alpha value is -1.31. The van der Waals surface area contributed by atoms with Crippen LogP contribution in [0.4, 0.5) is 0 Å². The highest BCUT2D eigenvalue weighted by Gasteiger charge is 2.22. The highest BCUT2D eigenvalue weighted by atomic mass is 16.4. The van der Waals surface area contributed by atoms with E-state index in [0.717, 1.165) is 17.5 Å². The first-order chi connectivity index (χ1) is 5.79. The molecule has 2 nitrogen and oxygen atoms in total. The maximum atomic E-state index is 10.7. The maximum absolute atomic E-state index is 10.7. The number of hydrogen-bond donors (Lipinski definition) is 0. The zero-order valence-corrected chi connectivity index (χ0v) is 6.62. The molecule has 0 saturated heterocycles. The number of hydrogen-bond acceptors (Lipinski definition) is 2. The van der Waals surface area contributed by atoms with Crippen LogP contribution in [-0.2, 0) is 11.2 Å². The van der Waals surface area contributed by atoms with E-state index in [2.05, 4.69) is 0 Å². The third kappa shape index (κ3) is 0.998. The third-order valence-corrected chi connectivity index (χ3v) is 2.42. The van der Waals surface area contributed by atoms with Crippen molar-refractivity contribution in [3.05, 3.63) is 35.4 Å². The molecule has 1 atom stereocenters. The lowest BCUT2D eigenvalue weighted by Crippen LogP contribution is -2.28. The van der Waals surface area contributed by atoms with Crippen LogP contribution in [0.5, 0.6) is 0 Å². The minimum absolute atomic E-state index is 0.374. The topological polar surface area (TPSA) is 40.1 Å². The Morgan fingerprint density at radius 3 is 2.92 bits per heavy atom. The first-order valence-corrected chi connectivity index (χ1v) is 4.07. The van der Waals surface area contributed by atoms with Crippen molar-refractivity contribution in [2.45, 2.75) is 18.8 Å². The summed E-state index contributed by atoms with van der Waals surface area (Å²) in [6, 6.07) is 7.68. The van der Waals surface area contributed by atoms with Crippen molar-refractivity contribution in [3.63, 3.8) is 0 Å². The van der Waals surface area contributed by atoms with Gasteiger partial charge in [-0.3, -0.25) is 0 Å². The smallest absolute Gasteiger partial charge is 0.0489 e. The molecule has 2 rings (SSSR count). The van der Waals surface area contributed by atoms with Gasteiger partial charge < -0.3 is 9.90 Å². The predicted molar refractivity (Wildman–Crippen MR) is 42.5 cm³/mol. The quantitative estimate of drug-likeness (QED) is 0.600. The Balaban J connectivity index is 2.42. The van der Waals surface area contributed by atoms with E-state index in [1.54, 1.807) is 0 Å². The Bertz CT molecular complexity index is 317. The van der Waals surface area contributed by atoms with Gasteiger partial charge >= 0.3 is 0 Å². The number of carbonyl (C=O) groups is 1. The van der Waals surface area contributed by atoms with E-state index >= 15 is 0 Å². The van der Waals surface area contributed by atoms with Crippen LogP contribution < -0.4 is 5.11 Å². The van der Waals surface area contributed by atoms with Crippen LogP contribution in [0.25, 0.3) is 0 Å². The summed E-state index contributed by atoms with van der Waals surface area (Å²) >= 11 is 0. The van der Waals surface area contributed by atoms with Gasteiger partial charge in [0.2, 0.25) is 0 Å². The molecule has 0 aromatic heterocycles.